The van der Waals surface area contributed by atoms with Crippen molar-refractivity contribution >= 4 is 15.9 Å². The smallest absolute Gasteiger partial charge is 0.244 e. The fraction of sp³-hybridized carbons (Fsp3) is 0.600. The highest BCUT2D eigenvalue weighted by Crippen LogP contribution is 2.11. The molecule has 1 unspecified atom stereocenters. The molecule has 1 N–H and O–H groups in total. The number of nitrogens with zero attached hydrogens (tertiary/aromatic N) is 3. The van der Waals surface area contributed by atoms with Gasteiger partial charge in [-0.25, -0.2) is 8.42 Å². The fourth-order valence-corrected chi connectivity index (χ4v) is 3.52. The van der Waals surface area contributed by atoms with Gasteiger partial charge in [-0.2, -0.15) is 4.31 Å². The molecule has 1 aliphatic rings. The molecule has 0 saturated carbocycles. The second kappa shape index (κ2) is 8.52. The number of pyridine rings is 1. The Labute approximate surface area is 142 Å². The van der Waals surface area contributed by atoms with E-state index in [1.54, 1.807) is 6.07 Å². The van der Waals surface area contributed by atoms with Crippen LogP contribution < -0.4 is 5.32 Å². The topological polar surface area (TPSA) is 91.8 Å². The summed E-state index contributed by atoms with van der Waals surface area (Å²) in [5.74, 6) is -0.329. The van der Waals surface area contributed by atoms with E-state index in [1.165, 1.54) is 25.5 Å². The van der Waals surface area contributed by atoms with Crippen molar-refractivity contribution in [1.82, 2.24) is 19.5 Å². The molecule has 1 amide bonds. The minimum Gasteiger partial charge on any atom is -0.379 e. The van der Waals surface area contributed by atoms with Gasteiger partial charge in [0, 0.05) is 45.1 Å². The molecular weight excluding hydrogens is 332 g/mol. The quantitative estimate of drug-likeness (QED) is 0.711. The Morgan fingerprint density at radius 2 is 2.17 bits per heavy atom. The molecule has 1 aliphatic heterocycles. The Bertz CT molecular complexity index is 632. The van der Waals surface area contributed by atoms with E-state index < -0.39 is 10.0 Å². The first-order valence-electron chi connectivity index (χ1n) is 7.86. The van der Waals surface area contributed by atoms with Gasteiger partial charge in [-0.1, -0.05) is 0 Å². The normalized spacial score (nSPS) is 17.6. The Morgan fingerprint density at radius 3 is 2.79 bits per heavy atom. The van der Waals surface area contributed by atoms with Crippen LogP contribution in [-0.2, 0) is 19.6 Å². The van der Waals surface area contributed by atoms with Gasteiger partial charge in [-0.05, 0) is 19.1 Å². The lowest BCUT2D eigenvalue weighted by Crippen LogP contribution is -2.48. The number of sulfonamides is 1. The Hall–Kier alpha value is -1.55. The van der Waals surface area contributed by atoms with Crippen molar-refractivity contribution in [3.05, 3.63) is 24.5 Å². The average molecular weight is 356 g/mol. The Morgan fingerprint density at radius 1 is 1.46 bits per heavy atom. The molecule has 1 aromatic rings. The van der Waals surface area contributed by atoms with E-state index in [4.69, 9.17) is 4.74 Å². The maximum Gasteiger partial charge on any atom is 0.244 e. The number of likely N-dealkylation sites (N-methyl/N-ethyl adjacent to an activating group) is 1. The first-order chi connectivity index (χ1) is 11.4. The summed E-state index contributed by atoms with van der Waals surface area (Å²) in [5, 5.41) is 2.79. The van der Waals surface area contributed by atoms with E-state index in [0.717, 1.165) is 17.4 Å². The number of morpholine rings is 1. The lowest BCUT2D eigenvalue weighted by Gasteiger charge is -2.32. The molecular formula is C15H24N4O4S. The van der Waals surface area contributed by atoms with Crippen LogP contribution in [0.3, 0.4) is 0 Å². The number of aromatic nitrogens is 1. The summed E-state index contributed by atoms with van der Waals surface area (Å²) >= 11 is 0. The van der Waals surface area contributed by atoms with Crippen molar-refractivity contribution in [2.45, 2.75) is 17.9 Å². The van der Waals surface area contributed by atoms with E-state index in [9.17, 15) is 13.2 Å². The first-order valence-corrected chi connectivity index (χ1v) is 9.30. The van der Waals surface area contributed by atoms with E-state index in [-0.39, 0.29) is 23.4 Å². The van der Waals surface area contributed by atoms with Gasteiger partial charge in [-0.15, -0.1) is 0 Å². The van der Waals surface area contributed by atoms with Gasteiger partial charge in [0.1, 0.15) is 4.90 Å². The van der Waals surface area contributed by atoms with Gasteiger partial charge in [0.25, 0.3) is 0 Å². The maximum atomic E-state index is 12.3. The van der Waals surface area contributed by atoms with E-state index >= 15 is 0 Å². The molecule has 1 atom stereocenters. The molecule has 0 aliphatic carbocycles. The number of nitrogens with one attached hydrogen (secondary N) is 1. The van der Waals surface area contributed by atoms with Crippen LogP contribution in [0.1, 0.15) is 6.92 Å². The number of hydrogen-bond donors (Lipinski definition) is 1. The van der Waals surface area contributed by atoms with Gasteiger partial charge >= 0.3 is 0 Å². The first kappa shape index (κ1) is 18.8. The summed E-state index contributed by atoms with van der Waals surface area (Å²) in [4.78, 5) is 18.2. The van der Waals surface area contributed by atoms with E-state index in [0.29, 0.717) is 19.8 Å². The van der Waals surface area contributed by atoms with Crippen molar-refractivity contribution in [3.8, 4) is 0 Å². The van der Waals surface area contributed by atoms with Crippen LogP contribution in [0, 0.1) is 0 Å². The second-order valence-corrected chi connectivity index (χ2v) is 7.80. The molecule has 1 fully saturated rings. The zero-order chi connectivity index (χ0) is 17.6. The summed E-state index contributed by atoms with van der Waals surface area (Å²) in [6, 6.07) is 3.18. The summed E-state index contributed by atoms with van der Waals surface area (Å²) in [7, 11) is -2.33. The van der Waals surface area contributed by atoms with Crippen LogP contribution in [0.2, 0.25) is 0 Å². The molecule has 1 saturated heterocycles. The molecule has 8 nitrogen and oxygen atoms in total. The lowest BCUT2D eigenvalue weighted by atomic mass is 10.2. The Balaban J connectivity index is 1.83. The van der Waals surface area contributed by atoms with E-state index in [1.807, 2.05) is 6.92 Å². The van der Waals surface area contributed by atoms with Crippen LogP contribution in [0.15, 0.2) is 29.4 Å². The van der Waals surface area contributed by atoms with E-state index in [2.05, 4.69) is 15.2 Å². The number of carbonyl (C=O) groups excluding carboxylic acids is 1. The van der Waals surface area contributed by atoms with Crippen LogP contribution >= 0.6 is 0 Å². The molecule has 24 heavy (non-hydrogen) atoms. The number of rotatable bonds is 7. The third-order valence-electron chi connectivity index (χ3n) is 3.97. The van der Waals surface area contributed by atoms with Crippen LogP contribution in [0.25, 0.3) is 0 Å². The maximum absolute atomic E-state index is 12.3. The molecule has 0 bridgehead atoms. The highest BCUT2D eigenvalue weighted by Gasteiger charge is 2.23. The zero-order valence-corrected chi connectivity index (χ0v) is 14.8. The largest absolute Gasteiger partial charge is 0.379 e. The van der Waals surface area contributed by atoms with Gasteiger partial charge < -0.3 is 10.1 Å². The number of hydrogen-bond acceptors (Lipinski definition) is 6. The molecule has 9 heteroatoms. The molecule has 0 radical (unpaired) electrons. The van der Waals surface area contributed by atoms with Crippen molar-refractivity contribution in [1.29, 1.82) is 0 Å². The van der Waals surface area contributed by atoms with Crippen molar-refractivity contribution in [2.24, 2.45) is 0 Å². The van der Waals surface area contributed by atoms with Crippen molar-refractivity contribution in [2.75, 3.05) is 46.4 Å². The average Bonchev–Trinajstić information content (AvgIpc) is 2.61. The molecule has 134 valence electrons. The second-order valence-electron chi connectivity index (χ2n) is 5.75. The van der Waals surface area contributed by atoms with Crippen molar-refractivity contribution in [3.63, 3.8) is 0 Å². The van der Waals surface area contributed by atoms with Gasteiger partial charge in [0.15, 0.2) is 0 Å². The summed E-state index contributed by atoms with van der Waals surface area (Å²) < 4.78 is 31.0. The summed E-state index contributed by atoms with van der Waals surface area (Å²) in [5.41, 5.74) is 0. The summed E-state index contributed by atoms with van der Waals surface area (Å²) in [6.07, 6.45) is 2.77. The predicted molar refractivity (Wildman–Crippen MR) is 88.9 cm³/mol. The Kier molecular flexibility index (Phi) is 6.67. The molecule has 1 aromatic heterocycles. The lowest BCUT2D eigenvalue weighted by molar-refractivity contribution is -0.121. The molecule has 2 rings (SSSR count). The highest BCUT2D eigenvalue weighted by atomic mass is 32.2. The van der Waals surface area contributed by atoms with Gasteiger partial charge in [-0.3, -0.25) is 14.7 Å². The monoisotopic (exact) mass is 356 g/mol. The third kappa shape index (κ3) is 4.97. The number of amides is 1. The van der Waals surface area contributed by atoms with Crippen LogP contribution in [0.4, 0.5) is 0 Å². The van der Waals surface area contributed by atoms with Gasteiger partial charge in [0.05, 0.1) is 19.8 Å². The third-order valence-corrected chi connectivity index (χ3v) is 5.76. The van der Waals surface area contributed by atoms with Crippen LogP contribution in [0.5, 0.6) is 0 Å². The molecule has 0 aromatic carbocycles. The summed E-state index contributed by atoms with van der Waals surface area (Å²) in [6.45, 7) is 5.35. The van der Waals surface area contributed by atoms with Crippen molar-refractivity contribution < 1.29 is 17.9 Å². The minimum absolute atomic E-state index is 0.0713. The van der Waals surface area contributed by atoms with Crippen LogP contribution in [-0.4, -0.2) is 81.0 Å². The van der Waals surface area contributed by atoms with Gasteiger partial charge in [0.2, 0.25) is 15.9 Å². The predicted octanol–water partition coefficient (Wildman–Crippen LogP) is -0.461. The zero-order valence-electron chi connectivity index (χ0n) is 14.0. The number of carbonyl (C=O) groups is 1. The highest BCUT2D eigenvalue weighted by molar-refractivity contribution is 7.89. The fourth-order valence-electron chi connectivity index (χ4n) is 2.43. The molecule has 0 spiro atoms. The standard InChI is InChI=1S/C15H24N4O4S/c1-13(19-6-8-23-9-7-19)10-17-15(20)12-18(2)24(21,22)14-4-3-5-16-11-14/h3-5,11,13H,6-10,12H2,1-2H3,(H,17,20). The number of ether oxygens (including phenoxy) is 1. The SMILES string of the molecule is CC(CNC(=O)CN(C)S(=O)(=O)c1cccnc1)N1CCOCC1. The minimum atomic E-state index is -3.71. The molecule has 2 heterocycles.